The van der Waals surface area contributed by atoms with Crippen molar-refractivity contribution < 1.29 is 57.4 Å². The number of nitro benzene ring substituents is 1. The molecular weight excluding hydrogens is 596 g/mol. The van der Waals surface area contributed by atoms with Crippen LogP contribution in [0.1, 0.15) is 58.8 Å². The van der Waals surface area contributed by atoms with E-state index in [-0.39, 0.29) is 54.1 Å². The number of unbranched alkanes of at least 4 members (excludes halogenated alkanes) is 1. The molecule has 1 fully saturated rings. The second-order valence-electron chi connectivity index (χ2n) is 9.71. The minimum Gasteiger partial charge on any atom is -0.481 e. The number of hydrogen-bond acceptors (Lipinski definition) is 10. The molecule has 1 unspecified atom stereocenters. The fraction of sp³-hybridized carbons (Fsp3) is 0.520. The fourth-order valence-corrected chi connectivity index (χ4v) is 5.81. The van der Waals surface area contributed by atoms with Crippen LogP contribution in [0.2, 0.25) is 0 Å². The predicted octanol–water partition coefficient (Wildman–Crippen LogP) is 1.41. The highest BCUT2D eigenvalue weighted by molar-refractivity contribution is 7.89. The fourth-order valence-electron chi connectivity index (χ4n) is 4.73. The summed E-state index contributed by atoms with van der Waals surface area (Å²) < 4.78 is 27.2. The molecule has 1 aromatic carbocycles. The van der Waals surface area contributed by atoms with Crippen LogP contribution in [0, 0.1) is 15.5 Å². The van der Waals surface area contributed by atoms with Gasteiger partial charge in [0, 0.05) is 25.1 Å². The van der Waals surface area contributed by atoms with Crippen LogP contribution in [-0.2, 0) is 34.0 Å². The van der Waals surface area contributed by atoms with E-state index in [0.717, 1.165) is 24.3 Å². The third-order valence-corrected chi connectivity index (χ3v) is 8.73. The Morgan fingerprint density at radius 3 is 1.81 bits per heavy atom. The summed E-state index contributed by atoms with van der Waals surface area (Å²) in [5.74, 6) is -7.05. The molecule has 236 valence electrons. The summed E-state index contributed by atoms with van der Waals surface area (Å²) in [6.45, 7) is 2.67. The van der Waals surface area contributed by atoms with Crippen LogP contribution >= 0.6 is 0 Å². The number of imide groups is 2. The van der Waals surface area contributed by atoms with Gasteiger partial charge in [0.25, 0.3) is 5.69 Å². The molecule has 17 nitrogen and oxygen atoms in total. The Morgan fingerprint density at radius 1 is 0.907 bits per heavy atom. The van der Waals surface area contributed by atoms with Gasteiger partial charge in [-0.1, -0.05) is 13.8 Å². The van der Waals surface area contributed by atoms with Gasteiger partial charge in [-0.05, 0) is 50.7 Å². The summed E-state index contributed by atoms with van der Waals surface area (Å²) >= 11 is 0. The Labute approximate surface area is 245 Å². The van der Waals surface area contributed by atoms with Gasteiger partial charge in [-0.2, -0.15) is 0 Å². The number of nitrogens with zero attached hydrogens (tertiary/aromatic N) is 3. The number of carbonyl (C=O) groups excluding carboxylic acids is 3. The van der Waals surface area contributed by atoms with Crippen molar-refractivity contribution in [2.45, 2.75) is 75.8 Å². The van der Waals surface area contributed by atoms with Gasteiger partial charge in [0.1, 0.15) is 17.5 Å². The largest absolute Gasteiger partial charge is 0.481 e. The summed E-state index contributed by atoms with van der Waals surface area (Å²) in [4.78, 5) is 86.2. The number of amides is 4. The number of aliphatic carboxylic acids is 3. The van der Waals surface area contributed by atoms with E-state index in [2.05, 4.69) is 4.72 Å². The van der Waals surface area contributed by atoms with E-state index in [4.69, 9.17) is 5.11 Å². The van der Waals surface area contributed by atoms with Crippen molar-refractivity contribution in [1.29, 1.82) is 0 Å². The van der Waals surface area contributed by atoms with Crippen LogP contribution < -0.4 is 4.72 Å². The van der Waals surface area contributed by atoms with Gasteiger partial charge in [-0.3, -0.25) is 24.5 Å². The number of nitro groups is 1. The Balaban J connectivity index is 2.26. The molecule has 4 N–H and O–H groups in total. The Bertz CT molecular complexity index is 1390. The summed E-state index contributed by atoms with van der Waals surface area (Å²) in [5.41, 5.74) is -2.29. The maximum Gasteiger partial charge on any atom is 0.335 e. The highest BCUT2D eigenvalue weighted by Gasteiger charge is 2.59. The van der Waals surface area contributed by atoms with E-state index in [0.29, 0.717) is 4.90 Å². The minimum absolute atomic E-state index is 0.0257. The van der Waals surface area contributed by atoms with Gasteiger partial charge in [0.2, 0.25) is 21.8 Å². The van der Waals surface area contributed by atoms with E-state index in [1.54, 1.807) is 0 Å². The van der Waals surface area contributed by atoms with Crippen molar-refractivity contribution in [2.75, 3.05) is 6.54 Å². The number of carboxylic acid groups (broad SMARTS) is 3. The number of sulfonamides is 1. The zero-order chi connectivity index (χ0) is 32.7. The molecule has 1 aliphatic heterocycles. The average molecular weight is 629 g/mol. The molecule has 2 rings (SSSR count). The monoisotopic (exact) mass is 628 g/mol. The molecule has 43 heavy (non-hydrogen) atoms. The number of rotatable bonds is 17. The molecule has 1 aliphatic rings. The Hall–Kier alpha value is -4.45. The van der Waals surface area contributed by atoms with Crippen molar-refractivity contribution in [3.8, 4) is 0 Å². The van der Waals surface area contributed by atoms with Crippen molar-refractivity contribution in [3.05, 3.63) is 34.4 Å². The first-order chi connectivity index (χ1) is 20.0. The highest BCUT2D eigenvalue weighted by atomic mass is 32.2. The average Bonchev–Trinajstić information content (AvgIpc) is 2.93. The Kier molecular flexibility index (Phi) is 11.4. The zero-order valence-electron chi connectivity index (χ0n) is 23.3. The molecule has 2 atom stereocenters. The van der Waals surface area contributed by atoms with Gasteiger partial charge >= 0.3 is 23.9 Å². The maximum atomic E-state index is 13.5. The van der Waals surface area contributed by atoms with Gasteiger partial charge in [0.15, 0.2) is 0 Å². The van der Waals surface area contributed by atoms with Gasteiger partial charge in [-0.25, -0.2) is 37.3 Å². The normalized spacial score (nSPS) is 16.6. The summed E-state index contributed by atoms with van der Waals surface area (Å²) in [7, 11) is -4.07. The molecule has 0 aliphatic carbocycles. The number of benzene rings is 1. The molecule has 4 amide bonds. The van der Waals surface area contributed by atoms with E-state index < -0.39 is 81.0 Å². The molecule has 0 bridgehead atoms. The van der Waals surface area contributed by atoms with Crippen LogP contribution in [0.4, 0.5) is 10.5 Å². The second-order valence-corrected chi connectivity index (χ2v) is 11.5. The van der Waals surface area contributed by atoms with E-state index in [9.17, 15) is 57.5 Å². The first-order valence-electron chi connectivity index (χ1n) is 13.2. The molecule has 0 spiro atoms. The lowest BCUT2D eigenvalue weighted by Gasteiger charge is -2.46. The molecule has 0 aromatic heterocycles. The number of hydrogen-bond donors (Lipinski definition) is 4. The number of barbiturate groups is 1. The first kappa shape index (κ1) is 34.7. The standard InChI is InChI=1S/C25H32N4O13S/c1-3-25(4-2)22(36)27(24(38)28(23(25)37)18(21(34)35)12-13-19(30)31)17(20(32)33)7-5-6-14-26-43(41,42)16-10-8-15(9-11-16)29(39)40/h8-11,17-18,26H,3-7,12-14H2,1-2H3,(H,30,31)(H,32,33)(H,34,35)/t17?,18-/m0/s1. The zero-order valence-corrected chi connectivity index (χ0v) is 24.1. The van der Waals surface area contributed by atoms with Crippen LogP contribution in [0.25, 0.3) is 0 Å². The van der Waals surface area contributed by atoms with Gasteiger partial charge in [0.05, 0.1) is 9.82 Å². The van der Waals surface area contributed by atoms with E-state index >= 15 is 0 Å². The molecule has 18 heteroatoms. The number of non-ortho nitro benzene ring substituents is 1. The number of urea groups is 1. The number of nitrogens with one attached hydrogen (secondary N) is 1. The molecule has 0 saturated carbocycles. The molecule has 1 saturated heterocycles. The minimum atomic E-state index is -4.07. The molecule has 1 heterocycles. The predicted molar refractivity (Wildman–Crippen MR) is 144 cm³/mol. The summed E-state index contributed by atoms with van der Waals surface area (Å²) in [6.07, 6.45) is -2.22. The lowest BCUT2D eigenvalue weighted by Crippen LogP contribution is -2.70. The van der Waals surface area contributed by atoms with Crippen molar-refractivity contribution >= 4 is 51.5 Å². The van der Waals surface area contributed by atoms with Crippen LogP contribution in [0.15, 0.2) is 29.2 Å². The van der Waals surface area contributed by atoms with Crippen LogP contribution in [0.5, 0.6) is 0 Å². The van der Waals surface area contributed by atoms with Crippen LogP contribution in [-0.4, -0.2) is 92.8 Å². The topological polar surface area (TPSA) is 259 Å². The van der Waals surface area contributed by atoms with E-state index in [1.165, 1.54) is 13.8 Å². The van der Waals surface area contributed by atoms with E-state index in [1.807, 2.05) is 0 Å². The maximum absolute atomic E-state index is 13.5. The van der Waals surface area contributed by atoms with Crippen LogP contribution in [0.3, 0.4) is 0 Å². The smallest absolute Gasteiger partial charge is 0.335 e. The quantitative estimate of drug-likeness (QED) is 0.0824. The first-order valence-corrected chi connectivity index (χ1v) is 14.7. The van der Waals surface area contributed by atoms with Gasteiger partial charge < -0.3 is 15.3 Å². The van der Waals surface area contributed by atoms with Crippen molar-refractivity contribution in [1.82, 2.24) is 14.5 Å². The van der Waals surface area contributed by atoms with Crippen molar-refractivity contribution in [2.24, 2.45) is 5.41 Å². The second kappa shape index (κ2) is 14.1. The highest BCUT2D eigenvalue weighted by Crippen LogP contribution is 2.39. The third-order valence-electron chi connectivity index (χ3n) is 7.26. The molecule has 0 radical (unpaired) electrons. The summed E-state index contributed by atoms with van der Waals surface area (Å²) in [6, 6.07) is -1.24. The van der Waals surface area contributed by atoms with Crippen molar-refractivity contribution in [3.63, 3.8) is 0 Å². The lowest BCUT2D eigenvalue weighted by molar-refractivity contribution is -0.384. The summed E-state index contributed by atoms with van der Waals surface area (Å²) in [5, 5.41) is 39.5. The number of carboxylic acids is 3. The third kappa shape index (κ3) is 7.50. The van der Waals surface area contributed by atoms with Gasteiger partial charge in [-0.15, -0.1) is 0 Å². The molecular formula is C25H32N4O13S. The molecule has 1 aromatic rings. The Morgan fingerprint density at radius 2 is 1.40 bits per heavy atom. The number of carbonyl (C=O) groups is 6. The lowest BCUT2D eigenvalue weighted by atomic mass is 9.77. The SMILES string of the molecule is CCC1(CC)C(=O)N(C(CCCCNS(=O)(=O)c2ccc([N+](=O)[O-])cc2)C(=O)O)C(=O)N([C@@H](CCC(=O)O)C(=O)O)C1=O.